The van der Waals surface area contributed by atoms with Gasteiger partial charge in [-0.3, -0.25) is 14.8 Å². The monoisotopic (exact) mass is 344 g/mol. The number of carbonyl (C=O) groups excluding carboxylic acids is 2. The maximum Gasteiger partial charge on any atom is 0.416 e. The fourth-order valence-electron chi connectivity index (χ4n) is 1.72. The van der Waals surface area contributed by atoms with Crippen molar-refractivity contribution in [3.8, 4) is 0 Å². The number of carbonyl (C=O) groups is 2. The second kappa shape index (κ2) is 6.80. The maximum atomic E-state index is 12.4. The van der Waals surface area contributed by atoms with Crippen molar-refractivity contribution in [2.75, 3.05) is 0 Å². The van der Waals surface area contributed by atoms with E-state index in [0.717, 1.165) is 23.5 Å². The molecule has 122 valence electrons. The Morgan fingerprint density at radius 2 is 1.78 bits per heavy atom. The van der Waals surface area contributed by atoms with Crippen LogP contribution in [-0.2, 0) is 12.7 Å². The zero-order valence-corrected chi connectivity index (χ0v) is 12.3. The molecule has 0 atom stereocenters. The van der Waals surface area contributed by atoms with Crippen molar-refractivity contribution in [1.29, 1.82) is 0 Å². The lowest BCUT2D eigenvalue weighted by atomic mass is 10.1. The number of hydrogen-bond acceptors (Lipinski definition) is 4. The molecule has 2 aromatic rings. The quantitative estimate of drug-likeness (QED) is 0.589. The van der Waals surface area contributed by atoms with Gasteiger partial charge in [-0.25, -0.2) is 5.48 Å². The van der Waals surface area contributed by atoms with Gasteiger partial charge in [0.05, 0.1) is 16.0 Å². The minimum atomic E-state index is -4.40. The Bertz CT molecular complexity index is 711. The highest BCUT2D eigenvalue weighted by Gasteiger charge is 2.29. The van der Waals surface area contributed by atoms with Crippen LogP contribution in [0.3, 0.4) is 0 Å². The van der Waals surface area contributed by atoms with Gasteiger partial charge >= 0.3 is 6.18 Å². The van der Waals surface area contributed by atoms with Crippen molar-refractivity contribution in [3.05, 3.63) is 57.3 Å². The topological polar surface area (TPSA) is 78.4 Å². The number of benzene rings is 1. The van der Waals surface area contributed by atoms with Crippen molar-refractivity contribution >= 4 is 23.2 Å². The molecular formula is C14H11F3N2O3S. The minimum Gasteiger partial charge on any atom is -0.347 e. The van der Waals surface area contributed by atoms with Crippen LogP contribution in [-0.4, -0.2) is 17.0 Å². The van der Waals surface area contributed by atoms with E-state index >= 15 is 0 Å². The summed E-state index contributed by atoms with van der Waals surface area (Å²) in [6.45, 7) is 0.0520. The van der Waals surface area contributed by atoms with E-state index in [1.165, 1.54) is 29.1 Å². The number of hydrogen-bond donors (Lipinski definition) is 3. The Labute approximate surface area is 132 Å². The first-order chi connectivity index (χ1) is 10.8. The second-order valence-corrected chi connectivity index (χ2v) is 5.43. The number of nitrogens with one attached hydrogen (secondary N) is 2. The molecule has 0 aliphatic carbocycles. The molecule has 9 heteroatoms. The van der Waals surface area contributed by atoms with Gasteiger partial charge < -0.3 is 5.32 Å². The molecule has 2 rings (SSSR count). The molecule has 2 amide bonds. The van der Waals surface area contributed by atoms with E-state index in [1.54, 1.807) is 0 Å². The fourth-order valence-corrected chi connectivity index (χ4v) is 2.52. The molecule has 0 fully saturated rings. The second-order valence-electron chi connectivity index (χ2n) is 4.52. The molecule has 0 spiro atoms. The molecule has 1 aromatic carbocycles. The largest absolute Gasteiger partial charge is 0.416 e. The van der Waals surface area contributed by atoms with E-state index < -0.39 is 23.6 Å². The number of halogens is 3. The summed E-state index contributed by atoms with van der Waals surface area (Å²) in [4.78, 5) is 23.3. The number of rotatable bonds is 4. The smallest absolute Gasteiger partial charge is 0.347 e. The van der Waals surface area contributed by atoms with E-state index in [1.807, 2.05) is 0 Å². The van der Waals surface area contributed by atoms with Gasteiger partial charge in [0, 0.05) is 11.9 Å². The molecule has 0 radical (unpaired) electrons. The van der Waals surface area contributed by atoms with Crippen LogP contribution in [0.2, 0.25) is 0 Å². The lowest BCUT2D eigenvalue weighted by Crippen LogP contribution is -2.22. The van der Waals surface area contributed by atoms with Gasteiger partial charge in [0.15, 0.2) is 0 Å². The third kappa shape index (κ3) is 4.30. The summed E-state index contributed by atoms with van der Waals surface area (Å²) in [6, 6.07) is 5.75. The highest BCUT2D eigenvalue weighted by molar-refractivity contribution is 7.12. The van der Waals surface area contributed by atoms with Gasteiger partial charge in [0.1, 0.15) is 0 Å². The number of hydroxylamine groups is 1. The Kier molecular flexibility index (Phi) is 5.02. The summed E-state index contributed by atoms with van der Waals surface area (Å²) in [7, 11) is 0. The zero-order valence-electron chi connectivity index (χ0n) is 11.5. The van der Waals surface area contributed by atoms with Gasteiger partial charge in [0.2, 0.25) is 0 Å². The average molecular weight is 344 g/mol. The molecule has 3 N–H and O–H groups in total. The summed E-state index contributed by atoms with van der Waals surface area (Å²) in [6.07, 6.45) is -4.40. The predicted molar refractivity (Wildman–Crippen MR) is 76.2 cm³/mol. The van der Waals surface area contributed by atoms with Crippen LogP contribution in [0.15, 0.2) is 35.7 Å². The third-order valence-electron chi connectivity index (χ3n) is 2.92. The summed E-state index contributed by atoms with van der Waals surface area (Å²) < 4.78 is 37.3. The highest BCUT2D eigenvalue weighted by Crippen LogP contribution is 2.29. The van der Waals surface area contributed by atoms with E-state index in [0.29, 0.717) is 5.56 Å². The summed E-state index contributed by atoms with van der Waals surface area (Å²) in [5, 5.41) is 12.4. The van der Waals surface area contributed by atoms with E-state index in [2.05, 4.69) is 5.32 Å². The van der Waals surface area contributed by atoms with Crippen LogP contribution in [0.1, 0.15) is 31.2 Å². The molecule has 5 nitrogen and oxygen atoms in total. The van der Waals surface area contributed by atoms with Gasteiger partial charge in [0.25, 0.3) is 11.8 Å². The summed E-state index contributed by atoms with van der Waals surface area (Å²) in [5.74, 6) is -1.20. The van der Waals surface area contributed by atoms with Crippen molar-refractivity contribution in [1.82, 2.24) is 10.8 Å². The fraction of sp³-hybridized carbons (Fsp3) is 0.143. The molecule has 23 heavy (non-hydrogen) atoms. The van der Waals surface area contributed by atoms with Gasteiger partial charge in [-0.05, 0) is 23.8 Å². The number of alkyl halides is 3. The first-order valence-electron chi connectivity index (χ1n) is 6.28. The van der Waals surface area contributed by atoms with Crippen molar-refractivity contribution in [2.45, 2.75) is 12.7 Å². The van der Waals surface area contributed by atoms with Gasteiger partial charge in [-0.15, -0.1) is 11.3 Å². The van der Waals surface area contributed by atoms with E-state index in [-0.39, 0.29) is 17.0 Å². The summed E-state index contributed by atoms with van der Waals surface area (Å²) in [5.41, 5.74) is 1.34. The Morgan fingerprint density at radius 3 is 2.35 bits per heavy atom. The van der Waals surface area contributed by atoms with Crippen LogP contribution < -0.4 is 10.8 Å². The van der Waals surface area contributed by atoms with Crippen molar-refractivity contribution in [2.24, 2.45) is 0 Å². The normalized spacial score (nSPS) is 11.1. The van der Waals surface area contributed by atoms with Crippen LogP contribution in [0.4, 0.5) is 13.2 Å². The van der Waals surface area contributed by atoms with Crippen LogP contribution in [0, 0.1) is 0 Å². The first kappa shape index (κ1) is 17.0. The lowest BCUT2D eigenvalue weighted by molar-refractivity contribution is -0.137. The molecular weight excluding hydrogens is 333 g/mol. The molecule has 0 aliphatic rings. The van der Waals surface area contributed by atoms with Crippen molar-refractivity contribution < 1.29 is 28.0 Å². The molecule has 0 aliphatic heterocycles. The van der Waals surface area contributed by atoms with Gasteiger partial charge in [-0.1, -0.05) is 12.1 Å². The molecule has 1 aromatic heterocycles. The van der Waals surface area contributed by atoms with E-state index in [4.69, 9.17) is 5.21 Å². The number of thiophene rings is 1. The lowest BCUT2D eigenvalue weighted by Gasteiger charge is -2.08. The zero-order chi connectivity index (χ0) is 17.0. The Morgan fingerprint density at radius 1 is 1.13 bits per heavy atom. The molecule has 0 saturated carbocycles. The highest BCUT2D eigenvalue weighted by atomic mass is 32.1. The van der Waals surface area contributed by atoms with Crippen LogP contribution in [0.5, 0.6) is 0 Å². The first-order valence-corrected chi connectivity index (χ1v) is 7.16. The predicted octanol–water partition coefficient (Wildman–Crippen LogP) is 2.82. The van der Waals surface area contributed by atoms with Crippen LogP contribution in [0.25, 0.3) is 0 Å². The average Bonchev–Trinajstić information content (AvgIpc) is 3.01. The minimum absolute atomic E-state index is 0.0520. The van der Waals surface area contributed by atoms with Crippen LogP contribution >= 0.6 is 11.3 Å². The molecule has 0 unspecified atom stereocenters. The Hall–Kier alpha value is -2.39. The Balaban J connectivity index is 1.96. The van der Waals surface area contributed by atoms with Crippen molar-refractivity contribution in [3.63, 3.8) is 0 Å². The standard InChI is InChI=1S/C14H11F3N2O3S/c15-14(16,17)10-3-1-8(2-4-10)6-18-13(21)11-5-9(7-23-11)12(20)19-22/h1-5,7,22H,6H2,(H,18,21)(H,19,20). The SMILES string of the molecule is O=C(NO)c1csc(C(=O)NCc2ccc(C(F)(F)F)cc2)c1. The summed E-state index contributed by atoms with van der Waals surface area (Å²) >= 11 is 1.01. The van der Waals surface area contributed by atoms with E-state index in [9.17, 15) is 22.8 Å². The number of amides is 2. The molecule has 0 bridgehead atoms. The maximum absolute atomic E-state index is 12.4. The third-order valence-corrected chi connectivity index (χ3v) is 3.85. The molecule has 0 saturated heterocycles. The van der Waals surface area contributed by atoms with Gasteiger partial charge in [-0.2, -0.15) is 13.2 Å². The molecule has 1 heterocycles.